The fourth-order valence-electron chi connectivity index (χ4n) is 1.80. The van der Waals surface area contributed by atoms with Crippen molar-refractivity contribution < 1.29 is 0 Å². The van der Waals surface area contributed by atoms with Gasteiger partial charge in [0.15, 0.2) is 5.65 Å². The van der Waals surface area contributed by atoms with Crippen LogP contribution >= 0.6 is 0 Å². The molecule has 0 spiro atoms. The number of tetrazole rings is 1. The summed E-state index contributed by atoms with van der Waals surface area (Å²) in [7, 11) is 0. The maximum atomic E-state index is 9.02. The van der Waals surface area contributed by atoms with E-state index in [1.165, 1.54) is 0 Å². The Morgan fingerprint density at radius 3 is 3.00 bits per heavy atom. The average Bonchev–Trinajstić information content (AvgIpc) is 2.76. The Labute approximate surface area is 90.9 Å². The van der Waals surface area contributed by atoms with Crippen molar-refractivity contribution in [3.63, 3.8) is 0 Å². The number of hydrogen-bond acceptors (Lipinski definition) is 4. The molecule has 1 aromatic carbocycles. The molecule has 76 valence electrons. The normalized spacial score (nSPS) is 10.8. The number of benzene rings is 1. The van der Waals surface area contributed by atoms with Crippen molar-refractivity contribution in [3.8, 4) is 6.07 Å². The molecule has 2 heterocycles. The highest BCUT2D eigenvalue weighted by atomic mass is 15.5. The van der Waals surface area contributed by atoms with Gasteiger partial charge >= 0.3 is 0 Å². The van der Waals surface area contributed by atoms with Gasteiger partial charge in [-0.25, -0.2) is 0 Å². The van der Waals surface area contributed by atoms with Crippen molar-refractivity contribution in [1.29, 1.82) is 5.26 Å². The Morgan fingerprint density at radius 2 is 2.19 bits per heavy atom. The predicted octanol–water partition coefficient (Wildman–Crippen LogP) is 1.46. The lowest BCUT2D eigenvalue weighted by atomic mass is 10.1. The lowest BCUT2D eigenvalue weighted by Crippen LogP contribution is -1.94. The van der Waals surface area contributed by atoms with Crippen LogP contribution in [-0.2, 0) is 0 Å². The summed E-state index contributed by atoms with van der Waals surface area (Å²) < 4.78 is 1.59. The van der Waals surface area contributed by atoms with Gasteiger partial charge in [-0.2, -0.15) is 9.78 Å². The molecule has 16 heavy (non-hydrogen) atoms. The van der Waals surface area contributed by atoms with E-state index in [2.05, 4.69) is 21.6 Å². The maximum Gasteiger partial charge on any atom is 0.197 e. The first-order chi connectivity index (χ1) is 7.79. The molecule has 0 saturated carbocycles. The third-order valence-corrected chi connectivity index (χ3v) is 2.54. The van der Waals surface area contributed by atoms with E-state index in [1.807, 2.05) is 31.2 Å². The van der Waals surface area contributed by atoms with Crippen LogP contribution in [0.15, 0.2) is 24.3 Å². The SMILES string of the molecule is Cc1ccc2c(c1)cc(C#N)c1nnnn12. The van der Waals surface area contributed by atoms with E-state index in [-0.39, 0.29) is 0 Å². The van der Waals surface area contributed by atoms with E-state index >= 15 is 0 Å². The van der Waals surface area contributed by atoms with Gasteiger partial charge in [0, 0.05) is 5.39 Å². The topological polar surface area (TPSA) is 66.9 Å². The number of pyridine rings is 1. The first-order valence-electron chi connectivity index (χ1n) is 4.81. The second kappa shape index (κ2) is 3.00. The van der Waals surface area contributed by atoms with Crippen molar-refractivity contribution in [2.45, 2.75) is 6.92 Å². The van der Waals surface area contributed by atoms with Crippen LogP contribution in [0.2, 0.25) is 0 Å². The standard InChI is InChI=1S/C11H7N5/c1-7-2-3-10-8(4-7)5-9(6-12)11-13-14-15-16(10)11/h2-5H,1H3. The summed E-state index contributed by atoms with van der Waals surface area (Å²) in [5, 5.41) is 21.3. The molecule has 0 atom stereocenters. The molecule has 0 fully saturated rings. The van der Waals surface area contributed by atoms with Gasteiger partial charge < -0.3 is 0 Å². The van der Waals surface area contributed by atoms with Gasteiger partial charge in [-0.15, -0.1) is 5.10 Å². The Bertz CT molecular complexity index is 735. The summed E-state index contributed by atoms with van der Waals surface area (Å²) >= 11 is 0. The van der Waals surface area contributed by atoms with Gasteiger partial charge in [0.05, 0.1) is 11.1 Å². The highest BCUT2D eigenvalue weighted by Crippen LogP contribution is 2.19. The zero-order valence-corrected chi connectivity index (χ0v) is 8.55. The molecule has 0 aliphatic heterocycles. The summed E-state index contributed by atoms with van der Waals surface area (Å²) in [6, 6.07) is 9.88. The summed E-state index contributed by atoms with van der Waals surface area (Å²) in [5.41, 5.74) is 3.04. The predicted molar refractivity (Wildman–Crippen MR) is 57.7 cm³/mol. The number of aromatic nitrogens is 4. The number of nitriles is 1. The number of hydrogen-bond donors (Lipinski definition) is 0. The van der Waals surface area contributed by atoms with Gasteiger partial charge in [0.2, 0.25) is 0 Å². The fraction of sp³-hybridized carbons (Fsp3) is 0.0909. The highest BCUT2D eigenvalue weighted by molar-refractivity contribution is 5.84. The van der Waals surface area contributed by atoms with Crippen LogP contribution in [0.4, 0.5) is 0 Å². The molecule has 0 radical (unpaired) electrons. The Morgan fingerprint density at radius 1 is 1.31 bits per heavy atom. The van der Waals surface area contributed by atoms with E-state index in [4.69, 9.17) is 5.26 Å². The minimum atomic E-state index is 0.489. The lowest BCUT2D eigenvalue weighted by molar-refractivity contribution is 0.841. The zero-order valence-electron chi connectivity index (χ0n) is 8.55. The molecule has 5 heteroatoms. The van der Waals surface area contributed by atoms with Crippen molar-refractivity contribution in [2.75, 3.05) is 0 Å². The molecule has 0 aliphatic carbocycles. The van der Waals surface area contributed by atoms with Crippen LogP contribution in [0, 0.1) is 18.3 Å². The first kappa shape index (κ1) is 8.80. The van der Waals surface area contributed by atoms with Gasteiger partial charge in [-0.1, -0.05) is 11.6 Å². The summed E-state index contributed by atoms with van der Waals surface area (Å²) in [4.78, 5) is 0. The van der Waals surface area contributed by atoms with Gasteiger partial charge in [0.1, 0.15) is 6.07 Å². The molecule has 3 rings (SSSR count). The van der Waals surface area contributed by atoms with Crippen LogP contribution in [0.25, 0.3) is 16.6 Å². The largest absolute Gasteiger partial charge is 0.197 e. The minimum Gasteiger partial charge on any atom is -0.192 e. The van der Waals surface area contributed by atoms with E-state index in [1.54, 1.807) is 4.52 Å². The Hall–Kier alpha value is -2.48. The molecule has 0 aliphatic rings. The molecule has 3 aromatic rings. The van der Waals surface area contributed by atoms with Crippen LogP contribution in [0.1, 0.15) is 11.1 Å². The van der Waals surface area contributed by atoms with Gasteiger partial charge in [-0.05, 0) is 35.5 Å². The van der Waals surface area contributed by atoms with E-state index in [9.17, 15) is 0 Å². The van der Waals surface area contributed by atoms with Crippen molar-refractivity contribution in [2.24, 2.45) is 0 Å². The minimum absolute atomic E-state index is 0.489. The number of fused-ring (bicyclic) bond motifs is 3. The summed E-state index contributed by atoms with van der Waals surface area (Å²) in [5.74, 6) is 0. The van der Waals surface area contributed by atoms with Crippen molar-refractivity contribution in [1.82, 2.24) is 20.0 Å². The molecule has 0 saturated heterocycles. The number of nitrogens with zero attached hydrogens (tertiary/aromatic N) is 5. The van der Waals surface area contributed by atoms with Crippen LogP contribution in [-0.4, -0.2) is 20.0 Å². The van der Waals surface area contributed by atoms with Crippen molar-refractivity contribution >= 4 is 16.6 Å². The molecule has 0 amide bonds. The smallest absolute Gasteiger partial charge is 0.192 e. The third kappa shape index (κ3) is 1.07. The average molecular weight is 209 g/mol. The summed E-state index contributed by atoms with van der Waals surface area (Å²) in [6.45, 7) is 2.01. The lowest BCUT2D eigenvalue weighted by Gasteiger charge is -2.02. The third-order valence-electron chi connectivity index (χ3n) is 2.54. The van der Waals surface area contributed by atoms with Crippen molar-refractivity contribution in [3.05, 3.63) is 35.4 Å². The molecule has 2 aromatic heterocycles. The second-order valence-corrected chi connectivity index (χ2v) is 3.65. The molecular formula is C11H7N5. The van der Waals surface area contributed by atoms with E-state index < -0.39 is 0 Å². The zero-order chi connectivity index (χ0) is 11.1. The molecule has 0 bridgehead atoms. The molecular weight excluding hydrogens is 202 g/mol. The van der Waals surface area contributed by atoms with Gasteiger partial charge in [0.25, 0.3) is 0 Å². The quantitative estimate of drug-likeness (QED) is 0.562. The highest BCUT2D eigenvalue weighted by Gasteiger charge is 2.08. The number of rotatable bonds is 0. The van der Waals surface area contributed by atoms with Crippen LogP contribution in [0.5, 0.6) is 0 Å². The van der Waals surface area contributed by atoms with E-state index in [0.29, 0.717) is 11.2 Å². The van der Waals surface area contributed by atoms with Gasteiger partial charge in [-0.3, -0.25) is 0 Å². The summed E-state index contributed by atoms with van der Waals surface area (Å²) in [6.07, 6.45) is 0. The first-order valence-corrected chi connectivity index (χ1v) is 4.81. The fourth-order valence-corrected chi connectivity index (χ4v) is 1.80. The Balaban J connectivity index is 2.60. The van der Waals surface area contributed by atoms with Crippen LogP contribution < -0.4 is 0 Å². The Kier molecular flexibility index (Phi) is 1.65. The number of aryl methyl sites for hydroxylation is 1. The maximum absolute atomic E-state index is 9.02. The molecule has 0 N–H and O–H groups in total. The monoisotopic (exact) mass is 209 g/mol. The second-order valence-electron chi connectivity index (χ2n) is 3.65. The van der Waals surface area contributed by atoms with Crippen LogP contribution in [0.3, 0.4) is 0 Å². The van der Waals surface area contributed by atoms with E-state index in [0.717, 1.165) is 16.5 Å². The molecule has 0 unspecified atom stereocenters. The molecule has 5 nitrogen and oxygen atoms in total.